The fourth-order valence-electron chi connectivity index (χ4n) is 1.70. The third-order valence-electron chi connectivity index (χ3n) is 2.57. The zero-order chi connectivity index (χ0) is 14.0. The van der Waals surface area contributed by atoms with Gasteiger partial charge in [0.05, 0.1) is 16.7 Å². The van der Waals surface area contributed by atoms with Crippen LogP contribution in [0, 0.1) is 17.0 Å². The van der Waals surface area contributed by atoms with E-state index in [9.17, 15) is 10.1 Å². The lowest BCUT2D eigenvalue weighted by Crippen LogP contribution is -1.97. The summed E-state index contributed by atoms with van der Waals surface area (Å²) in [5.41, 5.74) is 1.40. The summed E-state index contributed by atoms with van der Waals surface area (Å²) < 4.78 is 7.20. The average molecular weight is 262 g/mol. The van der Waals surface area contributed by atoms with Crippen molar-refractivity contribution in [3.05, 3.63) is 40.1 Å². The van der Waals surface area contributed by atoms with Gasteiger partial charge in [0.25, 0.3) is 5.69 Å². The summed E-state index contributed by atoms with van der Waals surface area (Å²) in [5.74, 6) is 0.918. The average Bonchev–Trinajstić information content (AvgIpc) is 2.67. The second-order valence-electron chi connectivity index (χ2n) is 4.07. The molecule has 0 atom stereocenters. The standard InChI is InChI=1S/C12H14N4O3/c1-8-4-12(15(3)14-8)19-11-6-9(13-2)5-10(7-11)16(17)18/h4-7,13H,1-3H3. The molecule has 100 valence electrons. The Hall–Kier alpha value is -2.57. The Kier molecular flexibility index (Phi) is 3.37. The van der Waals surface area contributed by atoms with E-state index in [1.165, 1.54) is 12.1 Å². The molecule has 0 unspecified atom stereocenters. The zero-order valence-electron chi connectivity index (χ0n) is 10.9. The van der Waals surface area contributed by atoms with Gasteiger partial charge in [-0.3, -0.25) is 10.1 Å². The summed E-state index contributed by atoms with van der Waals surface area (Å²) in [5, 5.41) is 17.9. The molecule has 0 aliphatic rings. The molecule has 0 saturated heterocycles. The second-order valence-corrected chi connectivity index (χ2v) is 4.07. The molecule has 2 rings (SSSR count). The van der Waals surface area contributed by atoms with E-state index in [1.807, 2.05) is 6.92 Å². The van der Waals surface area contributed by atoms with Gasteiger partial charge in [0, 0.05) is 38.0 Å². The number of non-ortho nitro benzene ring substituents is 1. The predicted octanol–water partition coefficient (Wildman–Crippen LogP) is 2.47. The number of nitrogens with zero attached hydrogens (tertiary/aromatic N) is 3. The quantitative estimate of drug-likeness (QED) is 0.676. The van der Waals surface area contributed by atoms with E-state index in [-0.39, 0.29) is 5.69 Å². The van der Waals surface area contributed by atoms with E-state index in [0.717, 1.165) is 5.69 Å². The van der Waals surface area contributed by atoms with Crippen molar-refractivity contribution in [1.29, 1.82) is 0 Å². The molecule has 0 fully saturated rings. The van der Waals surface area contributed by atoms with E-state index in [2.05, 4.69) is 10.4 Å². The van der Waals surface area contributed by atoms with E-state index in [4.69, 9.17) is 4.74 Å². The van der Waals surface area contributed by atoms with Gasteiger partial charge in [-0.1, -0.05) is 0 Å². The lowest BCUT2D eigenvalue weighted by molar-refractivity contribution is -0.384. The molecule has 1 N–H and O–H groups in total. The van der Waals surface area contributed by atoms with Crippen LogP contribution in [0.1, 0.15) is 5.69 Å². The Labute approximate surface area is 110 Å². The van der Waals surface area contributed by atoms with Gasteiger partial charge in [0.2, 0.25) is 5.88 Å². The molecule has 0 saturated carbocycles. The number of nitro benzene ring substituents is 1. The largest absolute Gasteiger partial charge is 0.439 e. The Morgan fingerprint density at radius 2 is 2.11 bits per heavy atom. The molecular weight excluding hydrogens is 248 g/mol. The van der Waals surface area contributed by atoms with Crippen molar-refractivity contribution in [2.45, 2.75) is 6.92 Å². The van der Waals surface area contributed by atoms with Crippen LogP contribution in [0.4, 0.5) is 11.4 Å². The second kappa shape index (κ2) is 4.97. The highest BCUT2D eigenvalue weighted by Crippen LogP contribution is 2.29. The lowest BCUT2D eigenvalue weighted by Gasteiger charge is -2.07. The Balaban J connectivity index is 2.36. The maximum atomic E-state index is 10.8. The monoisotopic (exact) mass is 262 g/mol. The number of aryl methyl sites for hydroxylation is 2. The zero-order valence-corrected chi connectivity index (χ0v) is 10.9. The number of ether oxygens (including phenoxy) is 1. The molecule has 0 amide bonds. The third-order valence-corrected chi connectivity index (χ3v) is 2.57. The Bertz CT molecular complexity index is 621. The van der Waals surface area contributed by atoms with Crippen molar-refractivity contribution in [3.8, 4) is 11.6 Å². The van der Waals surface area contributed by atoms with Crippen LogP contribution in [0.15, 0.2) is 24.3 Å². The highest BCUT2D eigenvalue weighted by Gasteiger charge is 2.12. The first-order valence-corrected chi connectivity index (χ1v) is 5.65. The van der Waals surface area contributed by atoms with Crippen LogP contribution in [0.3, 0.4) is 0 Å². The van der Waals surface area contributed by atoms with Gasteiger partial charge in [0.1, 0.15) is 5.75 Å². The normalized spacial score (nSPS) is 10.3. The molecule has 7 heteroatoms. The van der Waals surface area contributed by atoms with Gasteiger partial charge in [-0.15, -0.1) is 0 Å². The predicted molar refractivity (Wildman–Crippen MR) is 70.7 cm³/mol. The van der Waals surface area contributed by atoms with E-state index < -0.39 is 4.92 Å². The molecule has 0 spiro atoms. The summed E-state index contributed by atoms with van der Waals surface area (Å²) in [4.78, 5) is 10.4. The number of hydrogen-bond donors (Lipinski definition) is 1. The summed E-state index contributed by atoms with van der Waals surface area (Å²) in [6.07, 6.45) is 0. The number of hydrogen-bond acceptors (Lipinski definition) is 5. The third kappa shape index (κ3) is 2.82. The number of nitrogens with one attached hydrogen (secondary N) is 1. The van der Waals surface area contributed by atoms with Crippen LogP contribution in [-0.4, -0.2) is 21.8 Å². The fourth-order valence-corrected chi connectivity index (χ4v) is 1.70. The summed E-state index contributed by atoms with van der Waals surface area (Å²) in [6, 6.07) is 6.28. The van der Waals surface area contributed by atoms with Crippen molar-refractivity contribution in [1.82, 2.24) is 9.78 Å². The molecule has 0 aliphatic carbocycles. The van der Waals surface area contributed by atoms with Crippen LogP contribution >= 0.6 is 0 Å². The number of benzene rings is 1. The van der Waals surface area contributed by atoms with E-state index in [1.54, 1.807) is 30.9 Å². The first-order chi connectivity index (χ1) is 8.99. The van der Waals surface area contributed by atoms with E-state index >= 15 is 0 Å². The van der Waals surface area contributed by atoms with Crippen LogP contribution in [0.5, 0.6) is 11.6 Å². The van der Waals surface area contributed by atoms with Crippen molar-refractivity contribution in [2.24, 2.45) is 7.05 Å². The molecule has 1 aromatic heterocycles. The van der Waals surface area contributed by atoms with Gasteiger partial charge in [-0.05, 0) is 6.92 Å². The summed E-state index contributed by atoms with van der Waals surface area (Å²) in [7, 11) is 3.44. The molecule has 1 aromatic carbocycles. The highest BCUT2D eigenvalue weighted by atomic mass is 16.6. The highest BCUT2D eigenvalue weighted by molar-refractivity contribution is 5.56. The van der Waals surface area contributed by atoms with Crippen LogP contribution in [-0.2, 0) is 7.05 Å². The first kappa shape index (κ1) is 12.9. The minimum Gasteiger partial charge on any atom is -0.439 e. The number of rotatable bonds is 4. The smallest absolute Gasteiger partial charge is 0.275 e. The topological polar surface area (TPSA) is 82.2 Å². The summed E-state index contributed by atoms with van der Waals surface area (Å²) in [6.45, 7) is 1.85. The number of anilines is 1. The first-order valence-electron chi connectivity index (χ1n) is 5.65. The van der Waals surface area contributed by atoms with E-state index in [0.29, 0.717) is 17.3 Å². The van der Waals surface area contributed by atoms with Gasteiger partial charge >= 0.3 is 0 Å². The molecule has 0 aliphatic heterocycles. The van der Waals surface area contributed by atoms with Crippen molar-refractivity contribution in [2.75, 3.05) is 12.4 Å². The molecule has 0 bridgehead atoms. The minimum atomic E-state index is -0.456. The van der Waals surface area contributed by atoms with Crippen molar-refractivity contribution in [3.63, 3.8) is 0 Å². The van der Waals surface area contributed by atoms with Gasteiger partial charge in [-0.25, -0.2) is 4.68 Å². The number of nitro groups is 1. The SMILES string of the molecule is CNc1cc(Oc2cc(C)nn2C)cc([N+](=O)[O-])c1. The molecule has 7 nitrogen and oxygen atoms in total. The van der Waals surface area contributed by atoms with Gasteiger partial charge in [-0.2, -0.15) is 5.10 Å². The maximum Gasteiger partial charge on any atom is 0.275 e. The molecule has 1 heterocycles. The molecule has 2 aromatic rings. The van der Waals surface area contributed by atoms with Crippen molar-refractivity contribution < 1.29 is 9.66 Å². The van der Waals surface area contributed by atoms with Crippen LogP contribution in [0.25, 0.3) is 0 Å². The maximum absolute atomic E-state index is 10.8. The van der Waals surface area contributed by atoms with Crippen LogP contribution in [0.2, 0.25) is 0 Å². The lowest BCUT2D eigenvalue weighted by atomic mass is 10.2. The number of aromatic nitrogens is 2. The van der Waals surface area contributed by atoms with Gasteiger partial charge in [0.15, 0.2) is 0 Å². The Morgan fingerprint density at radius 1 is 1.37 bits per heavy atom. The molecule has 19 heavy (non-hydrogen) atoms. The van der Waals surface area contributed by atoms with Gasteiger partial charge < -0.3 is 10.1 Å². The minimum absolute atomic E-state index is 0.0271. The van der Waals surface area contributed by atoms with Crippen molar-refractivity contribution >= 4 is 11.4 Å². The van der Waals surface area contributed by atoms with Crippen LogP contribution < -0.4 is 10.1 Å². The Morgan fingerprint density at radius 3 is 2.63 bits per heavy atom. The molecular formula is C12H14N4O3. The fraction of sp³-hybridized carbons (Fsp3) is 0.250. The summed E-state index contributed by atoms with van der Waals surface area (Å²) >= 11 is 0. The molecule has 0 radical (unpaired) electrons.